The fourth-order valence-electron chi connectivity index (χ4n) is 1.96. The third-order valence-electron chi connectivity index (χ3n) is 3.03. The second-order valence-corrected chi connectivity index (χ2v) is 5.21. The standard InChI is InChI=1S/C14H32N2.C2H4O2.Na.3H2O/c1-2-3-4-5-6-7-8-9-10-11-13-16-14-12-15;1-2(3)4;;;;/h16H,2-15H2,1H3;1H3,(H,3,4);;3*1H2/q;;+1;;;/p-1. The van der Waals surface area contributed by atoms with E-state index in [4.69, 9.17) is 15.6 Å². The molecule has 0 unspecified atom stereocenters. The molecule has 0 radical (unpaired) electrons. The number of aliphatic carboxylic acids is 1. The molecule has 146 valence electrons. The molecule has 0 amide bonds. The van der Waals surface area contributed by atoms with Crippen LogP contribution in [0.3, 0.4) is 0 Å². The van der Waals surface area contributed by atoms with Crippen LogP contribution >= 0.6 is 0 Å². The number of carbonyl (C=O) groups excluding carboxylic acids is 1. The van der Waals surface area contributed by atoms with Gasteiger partial charge in [-0.3, -0.25) is 0 Å². The number of nitrogens with one attached hydrogen (secondary N) is 1. The molecule has 0 spiro atoms. The molecule has 24 heavy (non-hydrogen) atoms. The van der Waals surface area contributed by atoms with Gasteiger partial charge in [-0.15, -0.1) is 0 Å². The van der Waals surface area contributed by atoms with Crippen LogP contribution in [0.25, 0.3) is 0 Å². The smallest absolute Gasteiger partial charge is 0.550 e. The second kappa shape index (κ2) is 38.7. The topological polar surface area (TPSA) is 173 Å². The van der Waals surface area contributed by atoms with Gasteiger partial charge in [0, 0.05) is 19.1 Å². The molecule has 7 nitrogen and oxygen atoms in total. The Hall–Kier alpha value is 0.270. The summed E-state index contributed by atoms with van der Waals surface area (Å²) >= 11 is 0. The molecule has 0 saturated heterocycles. The molecule has 0 fully saturated rings. The van der Waals surface area contributed by atoms with Gasteiger partial charge < -0.3 is 37.4 Å². The number of carboxylic acids is 1. The summed E-state index contributed by atoms with van der Waals surface area (Å²) in [5.74, 6) is -1.08. The molecule has 9 N–H and O–H groups in total. The van der Waals surface area contributed by atoms with Crippen LogP contribution in [0.1, 0.15) is 78.1 Å². The van der Waals surface area contributed by atoms with Crippen LogP contribution < -0.4 is 45.7 Å². The molecule has 0 rings (SSSR count). The molecular weight excluding hydrogens is 323 g/mol. The average molecular weight is 365 g/mol. The van der Waals surface area contributed by atoms with Crippen molar-refractivity contribution >= 4 is 5.97 Å². The van der Waals surface area contributed by atoms with Crippen molar-refractivity contribution < 1.29 is 55.9 Å². The van der Waals surface area contributed by atoms with Gasteiger partial charge in [0.05, 0.1) is 0 Å². The second-order valence-electron chi connectivity index (χ2n) is 5.21. The maximum absolute atomic E-state index is 8.89. The SMILES string of the molecule is CC(=O)[O-].CCCCCCCCCCCCNCCN.O.O.O.[Na+]. The van der Waals surface area contributed by atoms with Gasteiger partial charge in [-0.05, 0) is 19.9 Å². The third-order valence-corrected chi connectivity index (χ3v) is 3.03. The number of hydrogen-bond donors (Lipinski definition) is 2. The molecule has 0 aliphatic heterocycles. The first-order valence-corrected chi connectivity index (χ1v) is 8.23. The number of nitrogens with two attached hydrogens (primary N) is 1. The Labute approximate surface area is 170 Å². The molecule has 0 aliphatic rings. The predicted octanol–water partition coefficient (Wildman–Crippen LogP) is -3.26. The van der Waals surface area contributed by atoms with Gasteiger partial charge in [-0.1, -0.05) is 64.7 Å². The summed E-state index contributed by atoms with van der Waals surface area (Å²) in [6.45, 7) is 6.13. The van der Waals surface area contributed by atoms with Crippen molar-refractivity contribution in [2.45, 2.75) is 78.1 Å². The van der Waals surface area contributed by atoms with Crippen molar-refractivity contribution in [3.8, 4) is 0 Å². The van der Waals surface area contributed by atoms with Crippen LogP contribution in [0.15, 0.2) is 0 Å². The molecule has 0 aromatic rings. The summed E-state index contributed by atoms with van der Waals surface area (Å²) in [7, 11) is 0. The molecular formula is C16H41N2NaO5. The van der Waals surface area contributed by atoms with E-state index in [1.165, 1.54) is 64.2 Å². The molecule has 0 aromatic carbocycles. The monoisotopic (exact) mass is 364 g/mol. The normalized spacial score (nSPS) is 8.29. The quantitative estimate of drug-likeness (QED) is 0.258. The fraction of sp³-hybridized carbons (Fsp3) is 0.938. The molecule has 0 saturated carbocycles. The van der Waals surface area contributed by atoms with E-state index >= 15 is 0 Å². The number of hydrogen-bond acceptors (Lipinski definition) is 4. The summed E-state index contributed by atoms with van der Waals surface area (Å²) in [6, 6.07) is 0. The zero-order chi connectivity index (χ0) is 15.5. The summed E-state index contributed by atoms with van der Waals surface area (Å²) in [6.07, 6.45) is 14.1. The summed E-state index contributed by atoms with van der Waals surface area (Å²) in [5, 5.41) is 12.2. The van der Waals surface area contributed by atoms with Crippen molar-refractivity contribution in [1.82, 2.24) is 5.32 Å². The van der Waals surface area contributed by atoms with Crippen LogP contribution in [0, 0.1) is 0 Å². The molecule has 0 aromatic heterocycles. The Morgan fingerprint density at radius 3 is 1.50 bits per heavy atom. The molecule has 0 heterocycles. The van der Waals surface area contributed by atoms with Crippen LogP contribution in [-0.4, -0.2) is 42.0 Å². The van der Waals surface area contributed by atoms with Crippen molar-refractivity contribution in [1.29, 1.82) is 0 Å². The average Bonchev–Trinajstić information content (AvgIpc) is 2.39. The van der Waals surface area contributed by atoms with E-state index in [0.717, 1.165) is 26.6 Å². The fourth-order valence-corrected chi connectivity index (χ4v) is 1.96. The number of carboxylic acid groups (broad SMARTS) is 1. The van der Waals surface area contributed by atoms with Gasteiger partial charge in [0.25, 0.3) is 0 Å². The van der Waals surface area contributed by atoms with Crippen molar-refractivity contribution in [3.05, 3.63) is 0 Å². The van der Waals surface area contributed by atoms with E-state index < -0.39 is 5.97 Å². The van der Waals surface area contributed by atoms with Gasteiger partial charge in [-0.25, -0.2) is 0 Å². The number of rotatable bonds is 13. The van der Waals surface area contributed by atoms with Gasteiger partial charge in [0.2, 0.25) is 0 Å². The predicted molar refractivity (Wildman–Crippen MR) is 95.3 cm³/mol. The summed E-state index contributed by atoms with van der Waals surface area (Å²) in [4.78, 5) is 8.89. The van der Waals surface area contributed by atoms with E-state index in [2.05, 4.69) is 12.2 Å². The molecule has 0 aliphatic carbocycles. The Kier molecular flexibility index (Phi) is 63.5. The zero-order valence-corrected chi connectivity index (χ0v) is 18.1. The Morgan fingerprint density at radius 2 is 1.17 bits per heavy atom. The minimum absolute atomic E-state index is 0. The Bertz CT molecular complexity index is 183. The van der Waals surface area contributed by atoms with Gasteiger partial charge >= 0.3 is 29.6 Å². The first kappa shape index (κ1) is 39.4. The van der Waals surface area contributed by atoms with E-state index in [9.17, 15) is 0 Å². The van der Waals surface area contributed by atoms with Gasteiger partial charge in [-0.2, -0.15) is 0 Å². The van der Waals surface area contributed by atoms with Crippen molar-refractivity contribution in [2.75, 3.05) is 19.6 Å². The summed E-state index contributed by atoms with van der Waals surface area (Å²) < 4.78 is 0. The van der Waals surface area contributed by atoms with E-state index in [1.54, 1.807) is 0 Å². The maximum Gasteiger partial charge on any atom is 1.00 e. The Morgan fingerprint density at radius 1 is 0.833 bits per heavy atom. The molecule has 8 heteroatoms. The van der Waals surface area contributed by atoms with E-state index in [0.29, 0.717) is 0 Å². The molecule has 0 bridgehead atoms. The van der Waals surface area contributed by atoms with Crippen LogP contribution in [0.5, 0.6) is 0 Å². The minimum atomic E-state index is -1.08. The largest absolute Gasteiger partial charge is 1.00 e. The zero-order valence-electron chi connectivity index (χ0n) is 16.1. The van der Waals surface area contributed by atoms with Crippen LogP contribution in [0.2, 0.25) is 0 Å². The maximum atomic E-state index is 8.89. The van der Waals surface area contributed by atoms with Crippen molar-refractivity contribution in [3.63, 3.8) is 0 Å². The first-order chi connectivity index (χ1) is 9.65. The van der Waals surface area contributed by atoms with Crippen LogP contribution in [0.4, 0.5) is 0 Å². The summed E-state index contributed by atoms with van der Waals surface area (Å²) in [5.41, 5.74) is 5.40. The van der Waals surface area contributed by atoms with Gasteiger partial charge in [0.1, 0.15) is 0 Å². The van der Waals surface area contributed by atoms with E-state index in [-0.39, 0.29) is 46.0 Å². The minimum Gasteiger partial charge on any atom is -0.550 e. The number of unbranched alkanes of at least 4 members (excludes halogenated alkanes) is 9. The Balaban J connectivity index is -0.0000000911. The van der Waals surface area contributed by atoms with Crippen molar-refractivity contribution in [2.24, 2.45) is 5.73 Å². The molecule has 0 atom stereocenters. The van der Waals surface area contributed by atoms with E-state index in [1.807, 2.05) is 0 Å². The first-order valence-electron chi connectivity index (χ1n) is 8.23. The van der Waals surface area contributed by atoms with Crippen LogP contribution in [-0.2, 0) is 4.79 Å². The number of carbonyl (C=O) groups is 1. The van der Waals surface area contributed by atoms with Gasteiger partial charge in [0.15, 0.2) is 0 Å². The third kappa shape index (κ3) is 57.2.